The summed E-state index contributed by atoms with van der Waals surface area (Å²) in [6.07, 6.45) is 2.19. The Bertz CT molecular complexity index is 975. The first-order chi connectivity index (χ1) is 12.0. The summed E-state index contributed by atoms with van der Waals surface area (Å²) in [4.78, 5) is 23.4. The number of carbonyl (C=O) groups is 1. The topological polar surface area (TPSA) is 96.7 Å². The van der Waals surface area contributed by atoms with Crippen LogP contribution in [0.1, 0.15) is 16.1 Å². The number of halogens is 2. The fraction of sp³-hybridized carbons (Fsp3) is 0.118. The van der Waals surface area contributed by atoms with Gasteiger partial charge in [0.05, 0.1) is 17.0 Å². The van der Waals surface area contributed by atoms with Gasteiger partial charge in [-0.1, -0.05) is 0 Å². The molecular formula is C17H13F2N5O. The zero-order chi connectivity index (χ0) is 17.6. The van der Waals surface area contributed by atoms with E-state index >= 15 is 0 Å². The Balaban J connectivity index is 1.77. The highest BCUT2D eigenvalue weighted by molar-refractivity contribution is 5.97. The van der Waals surface area contributed by atoms with Crippen molar-refractivity contribution in [3.63, 3.8) is 0 Å². The summed E-state index contributed by atoms with van der Waals surface area (Å²) in [5, 5.41) is 2.77. The molecule has 1 aromatic carbocycles. The van der Waals surface area contributed by atoms with Gasteiger partial charge < -0.3 is 16.0 Å². The molecule has 0 bridgehead atoms. The van der Waals surface area contributed by atoms with Crippen molar-refractivity contribution in [2.24, 2.45) is 0 Å². The smallest absolute Gasteiger partial charge is 0.253 e. The van der Waals surface area contributed by atoms with Gasteiger partial charge >= 0.3 is 0 Å². The monoisotopic (exact) mass is 341 g/mol. The minimum Gasteiger partial charge on any atom is -0.394 e. The Labute approximate surface area is 141 Å². The maximum atomic E-state index is 13.7. The first kappa shape index (κ1) is 15.3. The van der Waals surface area contributed by atoms with Crippen LogP contribution in [0.5, 0.6) is 0 Å². The molecule has 2 aromatic heterocycles. The Morgan fingerprint density at radius 1 is 1.16 bits per heavy atom. The van der Waals surface area contributed by atoms with Gasteiger partial charge in [-0.15, -0.1) is 0 Å². The zero-order valence-corrected chi connectivity index (χ0v) is 12.9. The van der Waals surface area contributed by atoms with Gasteiger partial charge in [0.25, 0.3) is 5.91 Å². The number of fused-ring (bicyclic) bond motifs is 1. The molecule has 1 amide bonds. The molecule has 0 aliphatic carbocycles. The molecule has 0 atom stereocenters. The van der Waals surface area contributed by atoms with Crippen LogP contribution in [-0.4, -0.2) is 27.4 Å². The highest BCUT2D eigenvalue weighted by atomic mass is 19.1. The number of anilines is 1. The second kappa shape index (κ2) is 5.66. The number of nitrogens with zero attached hydrogens (tertiary/aromatic N) is 2. The van der Waals surface area contributed by atoms with Crippen LogP contribution in [-0.2, 0) is 6.42 Å². The van der Waals surface area contributed by atoms with E-state index in [1.807, 2.05) is 0 Å². The molecule has 126 valence electrons. The number of hydrogen-bond acceptors (Lipinski definition) is 4. The number of amides is 1. The zero-order valence-electron chi connectivity index (χ0n) is 12.9. The Kier molecular flexibility index (Phi) is 3.45. The number of H-pyrrole nitrogens is 1. The van der Waals surface area contributed by atoms with E-state index in [1.54, 1.807) is 12.1 Å². The SMILES string of the molecule is Nc1c(F)cc(-c2nccc(-c3cc4c([nH]3)CCNC4=O)n2)cc1F. The predicted molar refractivity (Wildman–Crippen MR) is 87.6 cm³/mol. The molecule has 8 heteroatoms. The molecule has 6 nitrogen and oxygen atoms in total. The van der Waals surface area contributed by atoms with Gasteiger partial charge in [-0.2, -0.15) is 0 Å². The molecule has 0 fully saturated rings. The summed E-state index contributed by atoms with van der Waals surface area (Å²) in [5.74, 6) is -1.71. The van der Waals surface area contributed by atoms with Crippen LogP contribution in [0.3, 0.4) is 0 Å². The average molecular weight is 341 g/mol. The van der Waals surface area contributed by atoms with E-state index in [2.05, 4.69) is 20.3 Å². The lowest BCUT2D eigenvalue weighted by atomic mass is 10.1. The van der Waals surface area contributed by atoms with Crippen LogP contribution in [0.15, 0.2) is 30.5 Å². The lowest BCUT2D eigenvalue weighted by Gasteiger charge is -2.10. The molecule has 1 aliphatic rings. The molecule has 0 unspecified atom stereocenters. The quantitative estimate of drug-likeness (QED) is 0.623. The van der Waals surface area contributed by atoms with E-state index < -0.39 is 17.3 Å². The number of nitrogen functional groups attached to an aromatic ring is 1. The Morgan fingerprint density at radius 3 is 2.64 bits per heavy atom. The van der Waals surface area contributed by atoms with E-state index in [0.29, 0.717) is 29.9 Å². The van der Waals surface area contributed by atoms with Gasteiger partial charge in [-0.3, -0.25) is 4.79 Å². The average Bonchev–Trinajstić information content (AvgIpc) is 3.05. The summed E-state index contributed by atoms with van der Waals surface area (Å²) in [6, 6.07) is 5.54. The molecule has 25 heavy (non-hydrogen) atoms. The van der Waals surface area contributed by atoms with Gasteiger partial charge in [0.1, 0.15) is 17.3 Å². The van der Waals surface area contributed by atoms with Gasteiger partial charge in [0, 0.05) is 30.4 Å². The van der Waals surface area contributed by atoms with Gasteiger partial charge in [-0.05, 0) is 24.3 Å². The first-order valence-electron chi connectivity index (χ1n) is 7.61. The molecular weight excluding hydrogens is 328 g/mol. The Hall–Kier alpha value is -3.29. The Morgan fingerprint density at radius 2 is 1.92 bits per heavy atom. The highest BCUT2D eigenvalue weighted by Crippen LogP contribution is 2.26. The van der Waals surface area contributed by atoms with Crippen molar-refractivity contribution < 1.29 is 13.6 Å². The molecule has 0 spiro atoms. The number of aromatic nitrogens is 3. The number of benzene rings is 1. The second-order valence-electron chi connectivity index (χ2n) is 5.70. The van der Waals surface area contributed by atoms with E-state index in [4.69, 9.17) is 5.73 Å². The van der Waals surface area contributed by atoms with Crippen LogP contribution < -0.4 is 11.1 Å². The van der Waals surface area contributed by atoms with Crippen LogP contribution >= 0.6 is 0 Å². The molecule has 0 radical (unpaired) electrons. The normalized spacial score (nSPS) is 13.4. The third-order valence-electron chi connectivity index (χ3n) is 4.07. The molecule has 3 heterocycles. The van der Waals surface area contributed by atoms with Crippen molar-refractivity contribution in [3.05, 3.63) is 53.4 Å². The van der Waals surface area contributed by atoms with Crippen molar-refractivity contribution in [1.82, 2.24) is 20.3 Å². The van der Waals surface area contributed by atoms with Gasteiger partial charge in [-0.25, -0.2) is 18.7 Å². The van der Waals surface area contributed by atoms with Crippen molar-refractivity contribution in [2.45, 2.75) is 6.42 Å². The summed E-state index contributed by atoms with van der Waals surface area (Å²) >= 11 is 0. The van der Waals surface area contributed by atoms with Gasteiger partial charge in [0.15, 0.2) is 5.82 Å². The van der Waals surface area contributed by atoms with Crippen LogP contribution in [0, 0.1) is 11.6 Å². The van der Waals surface area contributed by atoms with E-state index in [0.717, 1.165) is 17.8 Å². The number of hydrogen-bond donors (Lipinski definition) is 3. The molecule has 4 rings (SSSR count). The summed E-state index contributed by atoms with van der Waals surface area (Å²) in [5.41, 5.74) is 7.50. The first-order valence-corrected chi connectivity index (χ1v) is 7.61. The molecule has 3 aromatic rings. The fourth-order valence-electron chi connectivity index (χ4n) is 2.79. The third kappa shape index (κ3) is 2.61. The number of rotatable bonds is 2. The molecule has 4 N–H and O–H groups in total. The lowest BCUT2D eigenvalue weighted by molar-refractivity contribution is 0.0946. The minimum atomic E-state index is -0.865. The van der Waals surface area contributed by atoms with Crippen LogP contribution in [0.25, 0.3) is 22.8 Å². The number of carbonyl (C=O) groups excluding carboxylic acids is 1. The van der Waals surface area contributed by atoms with Crippen molar-refractivity contribution in [1.29, 1.82) is 0 Å². The lowest BCUT2D eigenvalue weighted by Crippen LogP contribution is -2.31. The van der Waals surface area contributed by atoms with Crippen LogP contribution in [0.4, 0.5) is 14.5 Å². The molecule has 1 aliphatic heterocycles. The van der Waals surface area contributed by atoms with Crippen molar-refractivity contribution in [3.8, 4) is 22.8 Å². The summed E-state index contributed by atoms with van der Waals surface area (Å²) < 4.78 is 27.4. The second-order valence-corrected chi connectivity index (χ2v) is 5.70. The van der Waals surface area contributed by atoms with Crippen LogP contribution in [0.2, 0.25) is 0 Å². The van der Waals surface area contributed by atoms with Crippen molar-refractivity contribution >= 4 is 11.6 Å². The van der Waals surface area contributed by atoms with Gasteiger partial charge in [0.2, 0.25) is 0 Å². The summed E-state index contributed by atoms with van der Waals surface area (Å²) in [6.45, 7) is 0.574. The number of aromatic amines is 1. The minimum absolute atomic E-state index is 0.138. The number of nitrogens with two attached hydrogens (primary N) is 1. The van der Waals surface area contributed by atoms with Crippen molar-refractivity contribution in [2.75, 3.05) is 12.3 Å². The largest absolute Gasteiger partial charge is 0.394 e. The van der Waals surface area contributed by atoms with E-state index in [1.165, 1.54) is 6.20 Å². The standard InChI is InChI=1S/C17H13F2N5O/c18-10-5-8(6-11(19)15(10)20)16-21-3-2-13(24-16)14-7-9-12(23-14)1-4-22-17(9)25/h2-3,5-7,23H,1,4,20H2,(H,22,25). The number of nitrogens with one attached hydrogen (secondary N) is 2. The molecule has 0 saturated heterocycles. The maximum absolute atomic E-state index is 13.7. The third-order valence-corrected chi connectivity index (χ3v) is 4.07. The van der Waals surface area contributed by atoms with E-state index in [-0.39, 0.29) is 17.3 Å². The van der Waals surface area contributed by atoms with E-state index in [9.17, 15) is 13.6 Å². The predicted octanol–water partition coefficient (Wildman–Crippen LogP) is 2.28. The maximum Gasteiger partial charge on any atom is 0.253 e. The highest BCUT2D eigenvalue weighted by Gasteiger charge is 2.20. The fourth-order valence-corrected chi connectivity index (χ4v) is 2.79. The summed E-state index contributed by atoms with van der Waals surface area (Å²) in [7, 11) is 0. The molecule has 0 saturated carbocycles.